The third-order valence-corrected chi connectivity index (χ3v) is 3.72. The molecule has 1 aromatic heterocycles. The Kier molecular flexibility index (Phi) is 3.22. The highest BCUT2D eigenvalue weighted by Crippen LogP contribution is 2.47. The van der Waals surface area contributed by atoms with Crippen molar-refractivity contribution in [1.82, 2.24) is 10.2 Å². The van der Waals surface area contributed by atoms with Crippen molar-refractivity contribution in [3.63, 3.8) is 0 Å². The minimum Gasteiger partial charge on any atom is -0.486 e. The van der Waals surface area contributed by atoms with Gasteiger partial charge in [0.25, 0.3) is 0 Å². The van der Waals surface area contributed by atoms with Crippen LogP contribution in [0.15, 0.2) is 12.3 Å². The molecule has 0 radical (unpaired) electrons. The van der Waals surface area contributed by atoms with Gasteiger partial charge in [-0.15, -0.1) is 0 Å². The van der Waals surface area contributed by atoms with Gasteiger partial charge in [0.2, 0.25) is 0 Å². The summed E-state index contributed by atoms with van der Waals surface area (Å²) in [4.78, 5) is 0. The van der Waals surface area contributed by atoms with Gasteiger partial charge in [-0.25, -0.2) is 0 Å². The van der Waals surface area contributed by atoms with E-state index in [0.29, 0.717) is 35.6 Å². The number of H-pyrrole nitrogens is 1. The second kappa shape index (κ2) is 4.90. The third-order valence-electron chi connectivity index (χ3n) is 3.35. The van der Waals surface area contributed by atoms with Crippen molar-refractivity contribution < 1.29 is 9.47 Å². The Balaban J connectivity index is 2.28. The molecule has 0 saturated carbocycles. The van der Waals surface area contributed by atoms with Gasteiger partial charge in [0.15, 0.2) is 11.5 Å². The highest BCUT2D eigenvalue weighted by Gasteiger charge is 2.25. The molecular formula is C14H16ClN3O2. The van der Waals surface area contributed by atoms with Crippen molar-refractivity contribution >= 4 is 17.4 Å². The Morgan fingerprint density at radius 3 is 2.70 bits per heavy atom. The molecule has 2 heterocycles. The molecule has 2 aromatic rings. The van der Waals surface area contributed by atoms with Gasteiger partial charge in [-0.1, -0.05) is 25.4 Å². The number of rotatable bonds is 2. The smallest absolute Gasteiger partial charge is 0.180 e. The topological polar surface area (TPSA) is 73.2 Å². The Bertz CT molecular complexity index is 652. The molecule has 0 atom stereocenters. The van der Waals surface area contributed by atoms with Crippen LogP contribution >= 0.6 is 11.6 Å². The normalized spacial score (nSPS) is 13.8. The highest BCUT2D eigenvalue weighted by atomic mass is 35.5. The minimum atomic E-state index is 0.225. The highest BCUT2D eigenvalue weighted by molar-refractivity contribution is 6.33. The quantitative estimate of drug-likeness (QED) is 0.892. The second-order valence-corrected chi connectivity index (χ2v) is 5.41. The van der Waals surface area contributed by atoms with Crippen molar-refractivity contribution in [2.45, 2.75) is 19.8 Å². The molecule has 3 rings (SSSR count). The first kappa shape index (κ1) is 13.1. The van der Waals surface area contributed by atoms with E-state index in [1.165, 1.54) is 0 Å². The van der Waals surface area contributed by atoms with Gasteiger partial charge < -0.3 is 15.2 Å². The van der Waals surface area contributed by atoms with Crippen molar-refractivity contribution in [2.75, 3.05) is 18.9 Å². The van der Waals surface area contributed by atoms with Crippen LogP contribution in [0.25, 0.3) is 11.1 Å². The van der Waals surface area contributed by atoms with Gasteiger partial charge in [0.1, 0.15) is 19.0 Å². The summed E-state index contributed by atoms with van der Waals surface area (Å²) in [5, 5.41) is 7.31. The summed E-state index contributed by atoms with van der Waals surface area (Å²) < 4.78 is 11.3. The monoisotopic (exact) mass is 293 g/mol. The summed E-state index contributed by atoms with van der Waals surface area (Å²) in [6.45, 7) is 5.19. The second-order valence-electron chi connectivity index (χ2n) is 5.03. The molecule has 1 aliphatic rings. The zero-order chi connectivity index (χ0) is 14.3. The van der Waals surface area contributed by atoms with E-state index in [4.69, 9.17) is 26.8 Å². The predicted molar refractivity (Wildman–Crippen MR) is 78.5 cm³/mol. The van der Waals surface area contributed by atoms with Crippen LogP contribution in [0.1, 0.15) is 25.3 Å². The van der Waals surface area contributed by atoms with Crippen LogP contribution in [0.4, 0.5) is 5.82 Å². The number of anilines is 1. The number of nitrogen functional groups attached to an aromatic ring is 1. The van der Waals surface area contributed by atoms with Crippen LogP contribution in [-0.2, 0) is 0 Å². The molecule has 6 heteroatoms. The molecular weight excluding hydrogens is 278 g/mol. The zero-order valence-corrected chi connectivity index (χ0v) is 12.1. The molecule has 0 spiro atoms. The summed E-state index contributed by atoms with van der Waals surface area (Å²) in [5.74, 6) is 2.01. The van der Waals surface area contributed by atoms with Crippen molar-refractivity contribution in [2.24, 2.45) is 0 Å². The summed E-state index contributed by atoms with van der Waals surface area (Å²) in [7, 11) is 0. The molecule has 106 valence electrons. The average molecular weight is 294 g/mol. The number of halogens is 1. The molecule has 0 aliphatic carbocycles. The van der Waals surface area contributed by atoms with Crippen LogP contribution < -0.4 is 15.2 Å². The molecule has 0 unspecified atom stereocenters. The van der Waals surface area contributed by atoms with E-state index in [9.17, 15) is 0 Å². The zero-order valence-electron chi connectivity index (χ0n) is 11.4. The number of benzene rings is 1. The van der Waals surface area contributed by atoms with Gasteiger partial charge in [-0.3, -0.25) is 5.10 Å². The molecule has 5 nitrogen and oxygen atoms in total. The number of nitrogens with zero attached hydrogens (tertiary/aromatic N) is 1. The van der Waals surface area contributed by atoms with Crippen LogP contribution in [-0.4, -0.2) is 23.4 Å². The molecule has 1 aromatic carbocycles. The summed E-state index contributed by atoms with van der Waals surface area (Å²) in [5.41, 5.74) is 8.68. The van der Waals surface area contributed by atoms with E-state index in [1.807, 2.05) is 6.07 Å². The molecule has 0 fully saturated rings. The fraction of sp³-hybridized carbons (Fsp3) is 0.357. The van der Waals surface area contributed by atoms with Crippen LogP contribution in [0.3, 0.4) is 0 Å². The number of nitrogens with one attached hydrogen (secondary N) is 1. The lowest BCUT2D eigenvalue weighted by molar-refractivity contribution is 0.171. The number of hydrogen-bond donors (Lipinski definition) is 2. The first-order valence-electron chi connectivity index (χ1n) is 6.50. The summed E-state index contributed by atoms with van der Waals surface area (Å²) in [6.07, 6.45) is 1.70. The predicted octanol–water partition coefficient (Wildman–Crippen LogP) is 3.21. The maximum atomic E-state index is 6.52. The van der Waals surface area contributed by atoms with Crippen LogP contribution in [0, 0.1) is 0 Å². The largest absolute Gasteiger partial charge is 0.486 e. The van der Waals surface area contributed by atoms with E-state index >= 15 is 0 Å². The number of aromatic amines is 1. The Morgan fingerprint density at radius 1 is 1.30 bits per heavy atom. The Hall–Kier alpha value is -1.88. The Morgan fingerprint density at radius 2 is 2.05 bits per heavy atom. The van der Waals surface area contributed by atoms with Gasteiger partial charge in [0.05, 0.1) is 11.2 Å². The van der Waals surface area contributed by atoms with Crippen molar-refractivity contribution in [3.8, 4) is 22.6 Å². The Labute approximate surface area is 122 Å². The van der Waals surface area contributed by atoms with E-state index in [2.05, 4.69) is 24.0 Å². The molecule has 20 heavy (non-hydrogen) atoms. The van der Waals surface area contributed by atoms with Gasteiger partial charge >= 0.3 is 0 Å². The molecule has 0 saturated heterocycles. The van der Waals surface area contributed by atoms with Crippen LogP contribution in [0.2, 0.25) is 5.02 Å². The lowest BCUT2D eigenvalue weighted by Crippen LogP contribution is -2.16. The van der Waals surface area contributed by atoms with Gasteiger partial charge in [-0.2, -0.15) is 5.10 Å². The third kappa shape index (κ3) is 1.98. The average Bonchev–Trinajstić information content (AvgIpc) is 2.84. The number of ether oxygens (including phenoxy) is 2. The number of fused-ring (bicyclic) bond motifs is 1. The molecule has 3 N–H and O–H groups in total. The van der Waals surface area contributed by atoms with E-state index in [0.717, 1.165) is 16.7 Å². The first-order chi connectivity index (χ1) is 9.59. The van der Waals surface area contributed by atoms with E-state index < -0.39 is 0 Å². The fourth-order valence-corrected chi connectivity index (χ4v) is 2.93. The summed E-state index contributed by atoms with van der Waals surface area (Å²) >= 11 is 6.52. The van der Waals surface area contributed by atoms with Crippen molar-refractivity contribution in [1.29, 1.82) is 0 Å². The number of nitrogens with two attached hydrogens (primary N) is 1. The first-order valence-corrected chi connectivity index (χ1v) is 6.88. The maximum Gasteiger partial charge on any atom is 0.180 e. The number of hydrogen-bond acceptors (Lipinski definition) is 4. The SMILES string of the molecule is CC(C)c1c(-c2cn[nH]c2N)cc2c(c1Cl)OCCO2. The lowest BCUT2D eigenvalue weighted by Gasteiger charge is -2.24. The van der Waals surface area contributed by atoms with Crippen molar-refractivity contribution in [3.05, 3.63) is 22.8 Å². The summed E-state index contributed by atoms with van der Waals surface area (Å²) in [6, 6.07) is 1.93. The van der Waals surface area contributed by atoms with E-state index in [1.54, 1.807) is 6.20 Å². The van der Waals surface area contributed by atoms with Crippen LogP contribution in [0.5, 0.6) is 11.5 Å². The molecule has 0 bridgehead atoms. The fourth-order valence-electron chi connectivity index (χ4n) is 2.46. The molecule has 0 amide bonds. The maximum absolute atomic E-state index is 6.52. The standard InChI is InChI=1S/C14H16ClN3O2/c1-7(2)11-8(9-6-17-18-14(9)16)5-10-13(12(11)15)20-4-3-19-10/h5-7H,3-4H2,1-2H3,(H3,16,17,18). The van der Waals surface area contributed by atoms with Gasteiger partial charge in [-0.05, 0) is 23.1 Å². The minimum absolute atomic E-state index is 0.225. The van der Waals surface area contributed by atoms with E-state index in [-0.39, 0.29) is 5.92 Å². The molecule has 1 aliphatic heterocycles. The van der Waals surface area contributed by atoms with Gasteiger partial charge in [0, 0.05) is 5.56 Å². The lowest BCUT2D eigenvalue weighted by atomic mass is 9.92. The number of aromatic nitrogens is 2.